The molecule has 0 bridgehead atoms. The second-order valence-corrected chi connectivity index (χ2v) is 9.93. The lowest BCUT2D eigenvalue weighted by Gasteiger charge is -2.21. The highest BCUT2D eigenvalue weighted by Crippen LogP contribution is 2.27. The predicted octanol–water partition coefficient (Wildman–Crippen LogP) is 6.35. The summed E-state index contributed by atoms with van der Waals surface area (Å²) in [5, 5.41) is 21.7. The summed E-state index contributed by atoms with van der Waals surface area (Å²) in [5.74, 6) is -1.25. The maximum absolute atomic E-state index is 13.1. The Morgan fingerprint density at radius 1 is 0.595 bits per heavy atom. The van der Waals surface area contributed by atoms with E-state index in [2.05, 4.69) is 5.32 Å². The molecule has 0 unspecified atom stereocenters. The lowest BCUT2D eigenvalue weighted by molar-refractivity contribution is -0.142. The van der Waals surface area contributed by atoms with Crippen molar-refractivity contribution in [2.24, 2.45) is 11.8 Å². The third-order valence-electron chi connectivity index (χ3n) is 6.70. The first-order chi connectivity index (χ1) is 20.4. The van der Waals surface area contributed by atoms with E-state index in [1.807, 2.05) is 84.9 Å². The number of amides is 1. The number of hydrogen-bond acceptors (Lipinski definition) is 5. The number of hydrogen-bond donors (Lipinski definition) is 3. The molecule has 0 saturated heterocycles. The van der Waals surface area contributed by atoms with Crippen molar-refractivity contribution in [3.05, 3.63) is 120 Å². The summed E-state index contributed by atoms with van der Waals surface area (Å²) in [6.45, 7) is -0.0326. The van der Waals surface area contributed by atoms with Gasteiger partial charge in [-0.05, 0) is 78.9 Å². The third kappa shape index (κ3) is 9.52. The number of para-hydroxylation sites is 2. The van der Waals surface area contributed by atoms with Crippen LogP contribution in [0.4, 0.5) is 0 Å². The summed E-state index contributed by atoms with van der Waals surface area (Å²) in [6.07, 6.45) is 0.379. The Morgan fingerprint density at radius 3 is 1.45 bits per heavy atom. The van der Waals surface area contributed by atoms with E-state index < -0.39 is 23.8 Å². The number of carbonyl (C=O) groups excluding carboxylic acids is 1. The summed E-state index contributed by atoms with van der Waals surface area (Å²) >= 11 is 0. The van der Waals surface area contributed by atoms with E-state index in [-0.39, 0.29) is 38.1 Å². The third-order valence-corrected chi connectivity index (χ3v) is 6.70. The highest BCUT2D eigenvalue weighted by atomic mass is 16.5. The van der Waals surface area contributed by atoms with Gasteiger partial charge in [0.1, 0.15) is 23.0 Å². The lowest BCUT2D eigenvalue weighted by atomic mass is 9.85. The molecule has 0 aliphatic carbocycles. The Morgan fingerprint density at radius 2 is 1.02 bits per heavy atom. The average molecular weight is 568 g/mol. The predicted molar refractivity (Wildman–Crippen MR) is 158 cm³/mol. The van der Waals surface area contributed by atoms with E-state index in [0.717, 1.165) is 11.1 Å². The number of carboxylic acids is 2. The van der Waals surface area contributed by atoms with Crippen LogP contribution in [0.5, 0.6) is 23.0 Å². The minimum absolute atomic E-state index is 0.0326. The molecule has 3 N–H and O–H groups in total. The first kappa shape index (κ1) is 29.9. The fraction of sp³-hybridized carbons (Fsp3) is 0.206. The van der Waals surface area contributed by atoms with Crippen LogP contribution in [0.3, 0.4) is 0 Å². The van der Waals surface area contributed by atoms with Crippen molar-refractivity contribution < 1.29 is 34.1 Å². The van der Waals surface area contributed by atoms with Gasteiger partial charge in [-0.1, -0.05) is 60.7 Å². The number of rotatable bonds is 15. The Bertz CT molecular complexity index is 1440. The molecule has 1 amide bonds. The molecular formula is C34H33NO7. The van der Waals surface area contributed by atoms with Crippen molar-refractivity contribution in [3.8, 4) is 23.0 Å². The summed E-state index contributed by atoms with van der Waals surface area (Å²) in [7, 11) is 0. The molecule has 2 atom stereocenters. The van der Waals surface area contributed by atoms with Crippen molar-refractivity contribution in [3.63, 3.8) is 0 Å². The number of ether oxygens (including phenoxy) is 2. The maximum atomic E-state index is 13.1. The zero-order valence-corrected chi connectivity index (χ0v) is 23.0. The standard InChI is InChI=1S/C34H33NO7/c36-32(37)19-20-35-33(38)26(21-24-11-15-30(16-12-24)41-28-7-3-1-4-8-28)23-27(34(39)40)22-25-13-17-31(18-14-25)42-29-9-5-2-6-10-29/h1-18,26-27H,19-23H2,(H,35,38)(H,36,37)(H,39,40)/t26-,27-/m1/s1. The molecule has 0 aromatic heterocycles. The molecule has 4 aromatic rings. The van der Waals surface area contributed by atoms with Crippen LogP contribution in [0.25, 0.3) is 0 Å². The molecule has 4 rings (SSSR count). The van der Waals surface area contributed by atoms with Gasteiger partial charge in [0.05, 0.1) is 12.3 Å². The Kier molecular flexibility index (Phi) is 10.7. The van der Waals surface area contributed by atoms with Crippen LogP contribution in [0.15, 0.2) is 109 Å². The van der Waals surface area contributed by atoms with Gasteiger partial charge in [0, 0.05) is 12.5 Å². The molecule has 8 nitrogen and oxygen atoms in total. The van der Waals surface area contributed by atoms with Crippen LogP contribution in [-0.2, 0) is 27.2 Å². The number of benzene rings is 4. The quantitative estimate of drug-likeness (QED) is 0.153. The molecule has 0 saturated carbocycles. The Labute approximate surface area is 244 Å². The smallest absolute Gasteiger partial charge is 0.306 e. The van der Waals surface area contributed by atoms with Crippen LogP contribution in [0, 0.1) is 11.8 Å². The fourth-order valence-corrected chi connectivity index (χ4v) is 4.54. The van der Waals surface area contributed by atoms with Gasteiger partial charge in [-0.2, -0.15) is 0 Å². The summed E-state index contributed by atoms with van der Waals surface area (Å²) in [6, 6.07) is 33.2. The first-order valence-electron chi connectivity index (χ1n) is 13.7. The van der Waals surface area contributed by atoms with E-state index in [9.17, 15) is 19.5 Å². The van der Waals surface area contributed by atoms with Crippen LogP contribution in [0.1, 0.15) is 24.0 Å². The molecule has 4 aromatic carbocycles. The molecule has 0 aliphatic rings. The minimum atomic E-state index is -1.02. The fourth-order valence-electron chi connectivity index (χ4n) is 4.54. The normalized spacial score (nSPS) is 12.1. The zero-order chi connectivity index (χ0) is 29.7. The molecule has 42 heavy (non-hydrogen) atoms. The van der Waals surface area contributed by atoms with Gasteiger partial charge < -0.3 is 25.0 Å². The monoisotopic (exact) mass is 567 g/mol. The molecule has 0 spiro atoms. The largest absolute Gasteiger partial charge is 0.481 e. The van der Waals surface area contributed by atoms with Crippen LogP contribution < -0.4 is 14.8 Å². The van der Waals surface area contributed by atoms with Gasteiger partial charge in [-0.3, -0.25) is 14.4 Å². The first-order valence-corrected chi connectivity index (χ1v) is 13.7. The van der Waals surface area contributed by atoms with Crippen molar-refractivity contribution in [1.82, 2.24) is 5.32 Å². The molecule has 0 radical (unpaired) electrons. The second-order valence-electron chi connectivity index (χ2n) is 9.93. The van der Waals surface area contributed by atoms with Crippen molar-refractivity contribution in [2.75, 3.05) is 6.54 Å². The highest BCUT2D eigenvalue weighted by Gasteiger charge is 2.28. The second kappa shape index (κ2) is 15.0. The minimum Gasteiger partial charge on any atom is -0.481 e. The topological polar surface area (TPSA) is 122 Å². The average Bonchev–Trinajstić information content (AvgIpc) is 2.99. The maximum Gasteiger partial charge on any atom is 0.306 e. The van der Waals surface area contributed by atoms with E-state index in [1.54, 1.807) is 24.3 Å². The zero-order valence-electron chi connectivity index (χ0n) is 23.0. The molecular weight excluding hydrogens is 534 g/mol. The van der Waals surface area contributed by atoms with Crippen LogP contribution in [-0.4, -0.2) is 34.6 Å². The number of nitrogens with one attached hydrogen (secondary N) is 1. The van der Waals surface area contributed by atoms with Gasteiger partial charge >= 0.3 is 11.9 Å². The molecule has 0 aliphatic heterocycles. The van der Waals surface area contributed by atoms with Gasteiger partial charge in [0.25, 0.3) is 0 Å². The van der Waals surface area contributed by atoms with Crippen LogP contribution >= 0.6 is 0 Å². The van der Waals surface area contributed by atoms with Crippen molar-refractivity contribution in [1.29, 1.82) is 0 Å². The molecule has 8 heteroatoms. The van der Waals surface area contributed by atoms with Gasteiger partial charge in [0.15, 0.2) is 0 Å². The van der Waals surface area contributed by atoms with E-state index >= 15 is 0 Å². The molecule has 216 valence electrons. The Balaban J connectivity index is 1.44. The van der Waals surface area contributed by atoms with Gasteiger partial charge in [-0.25, -0.2) is 0 Å². The molecule has 0 heterocycles. The van der Waals surface area contributed by atoms with E-state index in [0.29, 0.717) is 23.0 Å². The Hall–Kier alpha value is -5.11. The van der Waals surface area contributed by atoms with Crippen molar-refractivity contribution in [2.45, 2.75) is 25.7 Å². The van der Waals surface area contributed by atoms with Crippen LogP contribution in [0.2, 0.25) is 0 Å². The van der Waals surface area contributed by atoms with E-state index in [4.69, 9.17) is 14.6 Å². The summed E-state index contributed by atoms with van der Waals surface area (Å²) < 4.78 is 11.7. The lowest BCUT2D eigenvalue weighted by Crippen LogP contribution is -2.36. The number of carboxylic acid groups (broad SMARTS) is 2. The SMILES string of the molecule is O=C(O)CCNC(=O)[C@H](Cc1ccc(Oc2ccccc2)cc1)C[C@@H](Cc1ccc(Oc2ccccc2)cc1)C(=O)O. The molecule has 0 fully saturated rings. The van der Waals surface area contributed by atoms with Gasteiger partial charge in [-0.15, -0.1) is 0 Å². The van der Waals surface area contributed by atoms with Crippen molar-refractivity contribution >= 4 is 17.8 Å². The number of aliphatic carboxylic acids is 2. The highest BCUT2D eigenvalue weighted by molar-refractivity contribution is 5.80. The summed E-state index contributed by atoms with van der Waals surface area (Å²) in [5.41, 5.74) is 1.63. The van der Waals surface area contributed by atoms with E-state index in [1.165, 1.54) is 0 Å². The van der Waals surface area contributed by atoms with Gasteiger partial charge in [0.2, 0.25) is 5.91 Å². The summed E-state index contributed by atoms with van der Waals surface area (Å²) in [4.78, 5) is 36.4. The number of carbonyl (C=O) groups is 3.